The second-order valence-corrected chi connectivity index (χ2v) is 14.4. The lowest BCUT2D eigenvalue weighted by atomic mass is 10.1. The zero-order valence-corrected chi connectivity index (χ0v) is 35.0. The predicted octanol–water partition coefficient (Wildman–Crippen LogP) is 14.3. The molecular formula is C49H82O5. The second kappa shape index (κ2) is 44.5. The van der Waals surface area contributed by atoms with E-state index in [0.717, 1.165) is 83.5 Å². The maximum atomic E-state index is 12.2. The summed E-state index contributed by atoms with van der Waals surface area (Å²) >= 11 is 0. The Balaban J connectivity index is 3.63. The Labute approximate surface area is 333 Å². The lowest BCUT2D eigenvalue weighted by molar-refractivity contribution is -0.161. The first-order valence-electron chi connectivity index (χ1n) is 22.1. The van der Waals surface area contributed by atoms with Gasteiger partial charge in [0.2, 0.25) is 0 Å². The number of ether oxygens (including phenoxy) is 2. The molecule has 0 rings (SSSR count). The van der Waals surface area contributed by atoms with Crippen molar-refractivity contribution < 1.29 is 24.2 Å². The van der Waals surface area contributed by atoms with Gasteiger partial charge >= 0.3 is 11.9 Å². The summed E-state index contributed by atoms with van der Waals surface area (Å²) in [5.41, 5.74) is 0. The average Bonchev–Trinajstić information content (AvgIpc) is 3.17. The summed E-state index contributed by atoms with van der Waals surface area (Å²) in [4.78, 5) is 24.3. The van der Waals surface area contributed by atoms with E-state index in [-0.39, 0.29) is 25.2 Å². The van der Waals surface area contributed by atoms with Crippen LogP contribution in [0.3, 0.4) is 0 Å². The number of hydrogen-bond donors (Lipinski definition) is 1. The Kier molecular flexibility index (Phi) is 42.1. The minimum absolute atomic E-state index is 0.0861. The number of rotatable bonds is 39. The zero-order valence-electron chi connectivity index (χ0n) is 35.0. The molecule has 0 aromatic heterocycles. The van der Waals surface area contributed by atoms with E-state index in [4.69, 9.17) is 9.47 Å². The van der Waals surface area contributed by atoms with Crippen LogP contribution in [0.5, 0.6) is 0 Å². The minimum Gasteiger partial charge on any atom is -0.462 e. The predicted molar refractivity (Wildman–Crippen MR) is 233 cm³/mol. The van der Waals surface area contributed by atoms with Gasteiger partial charge in [-0.1, -0.05) is 176 Å². The molecule has 1 unspecified atom stereocenters. The van der Waals surface area contributed by atoms with Crippen LogP contribution in [-0.2, 0) is 19.1 Å². The van der Waals surface area contributed by atoms with Crippen molar-refractivity contribution >= 4 is 11.9 Å². The van der Waals surface area contributed by atoms with Crippen LogP contribution in [0.1, 0.15) is 194 Å². The highest BCUT2D eigenvalue weighted by atomic mass is 16.6. The van der Waals surface area contributed by atoms with E-state index in [1.54, 1.807) is 0 Å². The largest absolute Gasteiger partial charge is 0.462 e. The van der Waals surface area contributed by atoms with Gasteiger partial charge in [0.1, 0.15) is 6.61 Å². The van der Waals surface area contributed by atoms with Gasteiger partial charge in [-0.25, -0.2) is 0 Å². The minimum atomic E-state index is -0.796. The normalized spacial score (nSPS) is 13.0. The fraction of sp³-hybridized carbons (Fsp3) is 0.673. The molecule has 308 valence electrons. The molecule has 1 N–H and O–H groups in total. The van der Waals surface area contributed by atoms with E-state index in [1.165, 1.54) is 83.5 Å². The molecule has 0 amide bonds. The van der Waals surface area contributed by atoms with Crippen LogP contribution in [-0.4, -0.2) is 36.4 Å². The molecule has 0 aromatic carbocycles. The smallest absolute Gasteiger partial charge is 0.306 e. The number of esters is 2. The lowest BCUT2D eigenvalue weighted by Crippen LogP contribution is -2.28. The van der Waals surface area contributed by atoms with Crippen LogP contribution in [0, 0.1) is 0 Å². The van der Waals surface area contributed by atoms with Crippen molar-refractivity contribution in [1.82, 2.24) is 0 Å². The van der Waals surface area contributed by atoms with Crippen LogP contribution in [0.4, 0.5) is 0 Å². The quantitative estimate of drug-likeness (QED) is 0.0385. The third-order valence-corrected chi connectivity index (χ3v) is 9.17. The van der Waals surface area contributed by atoms with Crippen LogP contribution in [0.15, 0.2) is 85.1 Å². The summed E-state index contributed by atoms with van der Waals surface area (Å²) in [6.07, 6.45) is 60.8. The van der Waals surface area contributed by atoms with E-state index in [9.17, 15) is 14.7 Å². The van der Waals surface area contributed by atoms with E-state index in [0.29, 0.717) is 12.8 Å². The van der Waals surface area contributed by atoms with E-state index < -0.39 is 6.10 Å². The van der Waals surface area contributed by atoms with Crippen molar-refractivity contribution in [2.75, 3.05) is 13.2 Å². The first-order chi connectivity index (χ1) is 26.6. The molecule has 1 atom stereocenters. The summed E-state index contributed by atoms with van der Waals surface area (Å²) in [5.74, 6) is -0.638. The third kappa shape index (κ3) is 41.8. The van der Waals surface area contributed by atoms with Gasteiger partial charge < -0.3 is 14.6 Å². The van der Waals surface area contributed by atoms with E-state index in [2.05, 4.69) is 98.9 Å². The van der Waals surface area contributed by atoms with Crippen LogP contribution < -0.4 is 0 Å². The van der Waals surface area contributed by atoms with Crippen molar-refractivity contribution in [2.45, 2.75) is 200 Å². The monoisotopic (exact) mass is 751 g/mol. The van der Waals surface area contributed by atoms with Crippen LogP contribution in [0.2, 0.25) is 0 Å². The highest BCUT2D eigenvalue weighted by molar-refractivity contribution is 5.70. The van der Waals surface area contributed by atoms with Gasteiger partial charge in [0.25, 0.3) is 0 Å². The highest BCUT2D eigenvalue weighted by Crippen LogP contribution is 2.13. The molecule has 0 heterocycles. The summed E-state index contributed by atoms with van der Waals surface area (Å²) in [6, 6.07) is 0. The maximum absolute atomic E-state index is 12.2. The van der Waals surface area contributed by atoms with Gasteiger partial charge in [0.05, 0.1) is 6.61 Å². The average molecular weight is 751 g/mol. The molecule has 0 aromatic rings. The molecule has 0 aliphatic heterocycles. The topological polar surface area (TPSA) is 72.8 Å². The van der Waals surface area contributed by atoms with E-state index >= 15 is 0 Å². The Morgan fingerprint density at radius 2 is 0.796 bits per heavy atom. The summed E-state index contributed by atoms with van der Waals surface area (Å²) in [5, 5.41) is 9.58. The number of aliphatic hydroxyl groups excluding tert-OH is 1. The summed E-state index contributed by atoms with van der Waals surface area (Å²) in [7, 11) is 0. The van der Waals surface area contributed by atoms with Gasteiger partial charge in [-0.2, -0.15) is 0 Å². The number of carbonyl (C=O) groups excluding carboxylic acids is 2. The summed E-state index contributed by atoms with van der Waals surface area (Å²) in [6.45, 7) is 3.98. The van der Waals surface area contributed by atoms with Crippen molar-refractivity contribution in [3.63, 3.8) is 0 Å². The molecule has 54 heavy (non-hydrogen) atoms. The highest BCUT2D eigenvalue weighted by Gasteiger charge is 2.16. The number of aliphatic hydroxyl groups is 1. The molecule has 0 saturated heterocycles. The lowest BCUT2D eigenvalue weighted by Gasteiger charge is -2.15. The first kappa shape index (κ1) is 51.1. The standard InChI is InChI=1S/C49H82O5/c1-3-5-7-9-11-13-15-17-19-21-23-24-26-27-29-31-33-35-37-39-41-43-48(51)53-46-47(45-50)54-49(52)44-42-40-38-36-34-32-30-28-25-22-20-18-16-14-12-10-8-6-4-2/h6,8,12,14-15,17-18,20-21,23,25,28,32,34,47,50H,3-5,7,9-11,13,16,19,22,24,26-27,29-31,33,35-46H2,1-2H3/b8-6-,14-12-,17-15-,20-18-,23-21-,28-25-,34-32-. The Hall–Kier alpha value is -2.92. The molecule has 0 fully saturated rings. The Bertz CT molecular complexity index is 1030. The number of carbonyl (C=O) groups is 2. The molecular weight excluding hydrogens is 669 g/mol. The maximum Gasteiger partial charge on any atom is 0.306 e. The van der Waals surface area contributed by atoms with Gasteiger partial charge in [-0.05, 0) is 89.9 Å². The molecule has 0 aliphatic rings. The number of hydrogen-bond acceptors (Lipinski definition) is 5. The first-order valence-corrected chi connectivity index (χ1v) is 22.1. The van der Waals surface area contributed by atoms with Crippen molar-refractivity contribution in [1.29, 1.82) is 0 Å². The van der Waals surface area contributed by atoms with Gasteiger partial charge in [-0.15, -0.1) is 0 Å². The van der Waals surface area contributed by atoms with Crippen LogP contribution in [0.25, 0.3) is 0 Å². The molecule has 5 nitrogen and oxygen atoms in total. The van der Waals surface area contributed by atoms with E-state index in [1.807, 2.05) is 0 Å². The van der Waals surface area contributed by atoms with Crippen molar-refractivity contribution in [3.8, 4) is 0 Å². The number of unbranched alkanes of at least 4 members (excludes halogenated alkanes) is 17. The second-order valence-electron chi connectivity index (χ2n) is 14.4. The molecule has 0 spiro atoms. The van der Waals surface area contributed by atoms with Crippen molar-refractivity contribution in [3.05, 3.63) is 85.1 Å². The fourth-order valence-electron chi connectivity index (χ4n) is 5.85. The van der Waals surface area contributed by atoms with Gasteiger partial charge in [-0.3, -0.25) is 9.59 Å². The molecule has 0 saturated carbocycles. The van der Waals surface area contributed by atoms with Crippen molar-refractivity contribution in [2.24, 2.45) is 0 Å². The fourth-order valence-corrected chi connectivity index (χ4v) is 5.85. The molecule has 0 aliphatic carbocycles. The number of allylic oxidation sites excluding steroid dienone is 14. The van der Waals surface area contributed by atoms with Gasteiger partial charge in [0, 0.05) is 12.8 Å². The SMILES string of the molecule is CC/C=C\C/C=C\C/C=C\C/C=C\C/C=C\CCCCCC(=O)OC(CO)COC(=O)CCCCCCCCCCC/C=C\C/C=C\CCCCCCC. The van der Waals surface area contributed by atoms with Crippen LogP contribution >= 0.6 is 0 Å². The Morgan fingerprint density at radius 3 is 1.22 bits per heavy atom. The molecule has 0 bridgehead atoms. The molecule has 0 radical (unpaired) electrons. The van der Waals surface area contributed by atoms with Gasteiger partial charge in [0.15, 0.2) is 6.10 Å². The molecule has 5 heteroatoms. The zero-order chi connectivity index (χ0) is 39.3. The third-order valence-electron chi connectivity index (χ3n) is 9.17. The Morgan fingerprint density at radius 1 is 0.444 bits per heavy atom. The summed E-state index contributed by atoms with van der Waals surface area (Å²) < 4.78 is 10.6.